The number of hydrogen-bond acceptors (Lipinski definition) is 3. The molecule has 16 heavy (non-hydrogen) atoms. The van der Waals surface area contributed by atoms with Gasteiger partial charge < -0.3 is 14.6 Å². The average Bonchev–Trinajstić information content (AvgIpc) is 2.75. The molecule has 1 aromatic heterocycles. The molecule has 4 heteroatoms. The fourth-order valence-electron chi connectivity index (χ4n) is 1.60. The lowest BCUT2D eigenvalue weighted by Gasteiger charge is -2.10. The highest BCUT2D eigenvalue weighted by Gasteiger charge is 1.94. The number of fused-ring (bicyclic) bond motifs is 1. The van der Waals surface area contributed by atoms with Crippen LogP contribution in [0.3, 0.4) is 0 Å². The molecule has 0 aliphatic carbocycles. The minimum atomic E-state index is 0.889. The van der Waals surface area contributed by atoms with E-state index in [9.17, 15) is 0 Å². The highest BCUT2D eigenvalue weighted by atomic mass is 16.5. The van der Waals surface area contributed by atoms with Crippen molar-refractivity contribution < 1.29 is 4.74 Å². The minimum absolute atomic E-state index is 0.889. The normalized spacial score (nSPS) is 15.6. The molecular formula is C12H17N3O. The molecule has 0 amide bonds. The summed E-state index contributed by atoms with van der Waals surface area (Å²) in [6.07, 6.45) is 1.82. The Morgan fingerprint density at radius 2 is 2.00 bits per heavy atom. The van der Waals surface area contributed by atoms with Gasteiger partial charge in [0, 0.05) is 20.1 Å². The van der Waals surface area contributed by atoms with E-state index >= 15 is 0 Å². The van der Waals surface area contributed by atoms with Crippen LogP contribution in [0.5, 0.6) is 0 Å². The molecule has 1 aliphatic rings. The van der Waals surface area contributed by atoms with Crippen molar-refractivity contribution in [1.82, 2.24) is 14.9 Å². The molecule has 1 aromatic carbocycles. The van der Waals surface area contributed by atoms with Gasteiger partial charge in [-0.2, -0.15) is 0 Å². The van der Waals surface area contributed by atoms with Crippen LogP contribution >= 0.6 is 0 Å². The summed E-state index contributed by atoms with van der Waals surface area (Å²) in [7, 11) is 2.00. The number of para-hydroxylation sites is 2. The van der Waals surface area contributed by atoms with Gasteiger partial charge in [0.2, 0.25) is 0 Å². The van der Waals surface area contributed by atoms with Crippen LogP contribution in [0.2, 0.25) is 0 Å². The summed E-state index contributed by atoms with van der Waals surface area (Å²) in [4.78, 5) is 4.18. The van der Waals surface area contributed by atoms with E-state index in [1.54, 1.807) is 0 Å². The predicted octanol–water partition coefficient (Wildman–Crippen LogP) is 1.18. The molecule has 0 radical (unpaired) electrons. The summed E-state index contributed by atoms with van der Waals surface area (Å²) < 4.78 is 7.02. The van der Waals surface area contributed by atoms with Crippen molar-refractivity contribution in [3.05, 3.63) is 30.6 Å². The van der Waals surface area contributed by atoms with Gasteiger partial charge in [0.15, 0.2) is 0 Å². The number of benzene rings is 1. The fourth-order valence-corrected chi connectivity index (χ4v) is 1.60. The highest BCUT2D eigenvalue weighted by molar-refractivity contribution is 5.74. The average molecular weight is 219 g/mol. The zero-order chi connectivity index (χ0) is 11.2. The fraction of sp³-hybridized carbons (Fsp3) is 0.417. The van der Waals surface area contributed by atoms with Crippen LogP contribution in [-0.2, 0) is 11.8 Å². The van der Waals surface area contributed by atoms with Crippen LogP contribution in [0.25, 0.3) is 11.0 Å². The third-order valence-electron chi connectivity index (χ3n) is 2.48. The van der Waals surface area contributed by atoms with Gasteiger partial charge in [-0.3, -0.25) is 0 Å². The summed E-state index contributed by atoms with van der Waals surface area (Å²) in [5.74, 6) is 0. The number of rotatable bonds is 0. The Labute approximate surface area is 95.2 Å². The summed E-state index contributed by atoms with van der Waals surface area (Å²) >= 11 is 0. The Hall–Kier alpha value is -1.39. The van der Waals surface area contributed by atoms with Crippen molar-refractivity contribution >= 4 is 11.0 Å². The molecule has 2 aromatic rings. The first-order chi connectivity index (χ1) is 7.88. The molecule has 1 N–H and O–H groups in total. The van der Waals surface area contributed by atoms with E-state index in [-0.39, 0.29) is 0 Å². The molecule has 1 aliphatic heterocycles. The lowest BCUT2D eigenvalue weighted by Crippen LogP contribution is -2.30. The monoisotopic (exact) mass is 219 g/mol. The molecule has 1 saturated heterocycles. The molecule has 0 saturated carbocycles. The standard InChI is InChI=1S/C8H8N2.C4H9NO/c1-10-6-9-7-4-2-3-5-8(7)10;1-3-6-4-2-5-1/h2-6H,1H3;5H,1-4H2. The number of hydrogen-bond donors (Lipinski definition) is 1. The van der Waals surface area contributed by atoms with Gasteiger partial charge in [-0.05, 0) is 12.1 Å². The van der Waals surface area contributed by atoms with E-state index < -0.39 is 0 Å². The highest BCUT2D eigenvalue weighted by Crippen LogP contribution is 2.08. The van der Waals surface area contributed by atoms with Crippen LogP contribution in [0.15, 0.2) is 30.6 Å². The second-order valence-corrected chi connectivity index (χ2v) is 3.71. The number of aromatic nitrogens is 2. The van der Waals surface area contributed by atoms with Crippen molar-refractivity contribution in [1.29, 1.82) is 0 Å². The number of morpholine rings is 1. The van der Waals surface area contributed by atoms with E-state index in [0.29, 0.717) is 0 Å². The van der Waals surface area contributed by atoms with Crippen molar-refractivity contribution in [3.63, 3.8) is 0 Å². The maximum Gasteiger partial charge on any atom is 0.0955 e. The molecule has 0 unspecified atom stereocenters. The predicted molar refractivity (Wildman–Crippen MR) is 64.4 cm³/mol. The topological polar surface area (TPSA) is 39.1 Å². The first kappa shape index (κ1) is 11.1. The second-order valence-electron chi connectivity index (χ2n) is 3.71. The number of aryl methyl sites for hydroxylation is 1. The SMILES string of the molecule is C1COCCN1.Cn1cnc2ccccc21. The zero-order valence-electron chi connectivity index (χ0n) is 9.52. The maximum absolute atomic E-state index is 5.01. The molecule has 0 bridgehead atoms. The summed E-state index contributed by atoms with van der Waals surface area (Å²) in [6.45, 7) is 3.83. The van der Waals surface area contributed by atoms with E-state index in [1.165, 1.54) is 5.52 Å². The third-order valence-corrected chi connectivity index (χ3v) is 2.48. The Bertz CT molecular complexity index is 423. The van der Waals surface area contributed by atoms with E-state index in [2.05, 4.69) is 16.4 Å². The Morgan fingerprint density at radius 3 is 2.56 bits per heavy atom. The van der Waals surface area contributed by atoms with Gasteiger partial charge in [-0.1, -0.05) is 12.1 Å². The van der Waals surface area contributed by atoms with Crippen LogP contribution in [0.1, 0.15) is 0 Å². The van der Waals surface area contributed by atoms with Crippen LogP contribution in [-0.4, -0.2) is 35.9 Å². The molecule has 0 atom stereocenters. The Kier molecular flexibility index (Phi) is 3.91. The lowest BCUT2D eigenvalue weighted by molar-refractivity contribution is 0.109. The number of nitrogens with zero attached hydrogens (tertiary/aromatic N) is 2. The first-order valence-electron chi connectivity index (χ1n) is 5.52. The summed E-state index contributed by atoms with van der Waals surface area (Å²) in [5, 5.41) is 3.16. The van der Waals surface area contributed by atoms with Gasteiger partial charge in [-0.25, -0.2) is 4.98 Å². The zero-order valence-corrected chi connectivity index (χ0v) is 9.52. The van der Waals surface area contributed by atoms with Crippen molar-refractivity contribution in [2.24, 2.45) is 7.05 Å². The van der Waals surface area contributed by atoms with E-state index in [4.69, 9.17) is 4.74 Å². The van der Waals surface area contributed by atoms with E-state index in [0.717, 1.165) is 31.8 Å². The van der Waals surface area contributed by atoms with Gasteiger partial charge in [-0.15, -0.1) is 0 Å². The van der Waals surface area contributed by atoms with Crippen molar-refractivity contribution in [2.45, 2.75) is 0 Å². The maximum atomic E-state index is 5.01. The minimum Gasteiger partial charge on any atom is -0.379 e. The summed E-state index contributed by atoms with van der Waals surface area (Å²) in [5.41, 5.74) is 2.24. The van der Waals surface area contributed by atoms with Crippen LogP contribution < -0.4 is 5.32 Å². The molecule has 2 heterocycles. The quantitative estimate of drug-likeness (QED) is 0.723. The first-order valence-corrected chi connectivity index (χ1v) is 5.52. The van der Waals surface area contributed by atoms with Crippen molar-refractivity contribution in [3.8, 4) is 0 Å². The van der Waals surface area contributed by atoms with Crippen LogP contribution in [0.4, 0.5) is 0 Å². The van der Waals surface area contributed by atoms with Gasteiger partial charge in [0.05, 0.1) is 30.6 Å². The number of nitrogens with one attached hydrogen (secondary N) is 1. The molecular weight excluding hydrogens is 202 g/mol. The Balaban J connectivity index is 0.000000138. The largest absolute Gasteiger partial charge is 0.379 e. The summed E-state index contributed by atoms with van der Waals surface area (Å²) in [6, 6.07) is 8.08. The molecule has 1 fully saturated rings. The third kappa shape index (κ3) is 2.81. The number of imidazole rings is 1. The van der Waals surface area contributed by atoms with Crippen LogP contribution in [0, 0.1) is 0 Å². The molecule has 3 rings (SSSR count). The molecule has 4 nitrogen and oxygen atoms in total. The molecule has 86 valence electrons. The lowest BCUT2D eigenvalue weighted by atomic mass is 10.3. The number of ether oxygens (including phenoxy) is 1. The van der Waals surface area contributed by atoms with Crippen molar-refractivity contribution in [2.75, 3.05) is 26.3 Å². The molecule has 0 spiro atoms. The van der Waals surface area contributed by atoms with Gasteiger partial charge in [0.25, 0.3) is 0 Å². The van der Waals surface area contributed by atoms with Gasteiger partial charge in [0.1, 0.15) is 0 Å². The van der Waals surface area contributed by atoms with E-state index in [1.807, 2.05) is 36.1 Å². The smallest absolute Gasteiger partial charge is 0.0955 e. The van der Waals surface area contributed by atoms with Gasteiger partial charge >= 0.3 is 0 Å². The second kappa shape index (κ2) is 5.63. The Morgan fingerprint density at radius 1 is 1.25 bits per heavy atom.